The van der Waals surface area contributed by atoms with Gasteiger partial charge in [0.15, 0.2) is 13.2 Å². The van der Waals surface area contributed by atoms with Crippen LogP contribution in [0.25, 0.3) is 0 Å². The summed E-state index contributed by atoms with van der Waals surface area (Å²) in [6.45, 7) is 5.25. The SMILES string of the molecule is Cc1cccc(OCC(=O)NC2CCN(C(=O)COc3ccccc3)CC2)c1C. The highest BCUT2D eigenvalue weighted by atomic mass is 16.5. The van der Waals surface area contributed by atoms with Crippen molar-refractivity contribution in [2.75, 3.05) is 26.3 Å². The Morgan fingerprint density at radius 1 is 0.966 bits per heavy atom. The number of amides is 2. The fourth-order valence-corrected chi connectivity index (χ4v) is 3.32. The monoisotopic (exact) mass is 396 g/mol. The van der Waals surface area contributed by atoms with Gasteiger partial charge in [0.25, 0.3) is 11.8 Å². The van der Waals surface area contributed by atoms with E-state index in [1.165, 1.54) is 0 Å². The first kappa shape index (κ1) is 20.7. The first-order chi connectivity index (χ1) is 14.0. The van der Waals surface area contributed by atoms with Crippen molar-refractivity contribution in [3.63, 3.8) is 0 Å². The van der Waals surface area contributed by atoms with Crippen LogP contribution in [0.1, 0.15) is 24.0 Å². The van der Waals surface area contributed by atoms with Crippen molar-refractivity contribution in [3.05, 3.63) is 59.7 Å². The smallest absolute Gasteiger partial charge is 0.260 e. The van der Waals surface area contributed by atoms with Gasteiger partial charge in [-0.05, 0) is 56.0 Å². The average Bonchev–Trinajstić information content (AvgIpc) is 2.74. The molecule has 29 heavy (non-hydrogen) atoms. The van der Waals surface area contributed by atoms with E-state index in [-0.39, 0.29) is 31.1 Å². The van der Waals surface area contributed by atoms with E-state index in [1.807, 2.05) is 62.4 Å². The second-order valence-electron chi connectivity index (χ2n) is 7.31. The third-order valence-electron chi connectivity index (χ3n) is 5.23. The number of piperidine rings is 1. The summed E-state index contributed by atoms with van der Waals surface area (Å²) in [5.74, 6) is 1.26. The van der Waals surface area contributed by atoms with E-state index in [1.54, 1.807) is 4.90 Å². The molecule has 1 N–H and O–H groups in total. The standard InChI is InChI=1S/C23H28N2O4/c1-17-7-6-10-21(18(17)2)29-15-22(26)24-19-11-13-25(14-12-19)23(27)16-28-20-8-4-3-5-9-20/h3-10,19H,11-16H2,1-2H3,(H,24,26). The number of benzene rings is 2. The van der Waals surface area contributed by atoms with Crippen molar-refractivity contribution >= 4 is 11.8 Å². The normalized spacial score (nSPS) is 14.3. The molecule has 0 spiro atoms. The van der Waals surface area contributed by atoms with Gasteiger partial charge in [0.05, 0.1) is 0 Å². The van der Waals surface area contributed by atoms with Gasteiger partial charge in [-0.2, -0.15) is 0 Å². The molecule has 154 valence electrons. The van der Waals surface area contributed by atoms with Crippen LogP contribution in [0.3, 0.4) is 0 Å². The van der Waals surface area contributed by atoms with Gasteiger partial charge < -0.3 is 19.7 Å². The first-order valence-corrected chi connectivity index (χ1v) is 9.97. The van der Waals surface area contributed by atoms with Crippen LogP contribution in [0.2, 0.25) is 0 Å². The zero-order valence-corrected chi connectivity index (χ0v) is 17.0. The van der Waals surface area contributed by atoms with E-state index >= 15 is 0 Å². The molecule has 6 heteroatoms. The van der Waals surface area contributed by atoms with Gasteiger partial charge in [0.2, 0.25) is 0 Å². The van der Waals surface area contributed by atoms with E-state index in [9.17, 15) is 9.59 Å². The van der Waals surface area contributed by atoms with Crippen molar-refractivity contribution in [1.29, 1.82) is 0 Å². The Balaban J connectivity index is 1.37. The minimum atomic E-state index is -0.136. The Morgan fingerprint density at radius 3 is 2.41 bits per heavy atom. The van der Waals surface area contributed by atoms with Crippen molar-refractivity contribution in [2.45, 2.75) is 32.7 Å². The predicted octanol–water partition coefficient (Wildman–Crippen LogP) is 2.87. The number of nitrogens with zero attached hydrogens (tertiary/aromatic N) is 1. The van der Waals surface area contributed by atoms with E-state index in [0.29, 0.717) is 18.8 Å². The molecule has 1 heterocycles. The summed E-state index contributed by atoms with van der Waals surface area (Å²) in [6.07, 6.45) is 1.46. The van der Waals surface area contributed by atoms with E-state index in [2.05, 4.69) is 5.32 Å². The third kappa shape index (κ3) is 5.98. The molecule has 0 aliphatic carbocycles. The molecule has 1 fully saturated rings. The van der Waals surface area contributed by atoms with Gasteiger partial charge in [-0.3, -0.25) is 9.59 Å². The lowest BCUT2D eigenvalue weighted by atomic mass is 10.1. The maximum absolute atomic E-state index is 12.3. The number of hydrogen-bond acceptors (Lipinski definition) is 4. The fourth-order valence-electron chi connectivity index (χ4n) is 3.32. The van der Waals surface area contributed by atoms with Gasteiger partial charge in [-0.1, -0.05) is 30.3 Å². The second-order valence-corrected chi connectivity index (χ2v) is 7.31. The highest BCUT2D eigenvalue weighted by molar-refractivity contribution is 5.79. The molecule has 1 aliphatic rings. The van der Waals surface area contributed by atoms with Gasteiger partial charge in [0, 0.05) is 19.1 Å². The number of hydrogen-bond donors (Lipinski definition) is 1. The summed E-state index contributed by atoms with van der Waals surface area (Å²) in [4.78, 5) is 26.3. The Hall–Kier alpha value is -3.02. The second kappa shape index (κ2) is 9.96. The van der Waals surface area contributed by atoms with Crippen LogP contribution in [0.15, 0.2) is 48.5 Å². The van der Waals surface area contributed by atoms with Crippen LogP contribution in [0, 0.1) is 13.8 Å². The molecule has 0 atom stereocenters. The van der Waals surface area contributed by atoms with Crippen molar-refractivity contribution in [1.82, 2.24) is 10.2 Å². The predicted molar refractivity (Wildman–Crippen MR) is 111 cm³/mol. The van der Waals surface area contributed by atoms with Crippen molar-refractivity contribution in [3.8, 4) is 11.5 Å². The zero-order valence-electron chi connectivity index (χ0n) is 17.0. The number of para-hydroxylation sites is 1. The largest absolute Gasteiger partial charge is 0.484 e. The molecular formula is C23H28N2O4. The summed E-state index contributed by atoms with van der Waals surface area (Å²) in [6, 6.07) is 15.2. The molecule has 3 rings (SSSR count). The van der Waals surface area contributed by atoms with Crippen LogP contribution < -0.4 is 14.8 Å². The lowest BCUT2D eigenvalue weighted by molar-refractivity contribution is -0.134. The Labute approximate surface area is 171 Å². The Morgan fingerprint density at radius 2 is 1.69 bits per heavy atom. The van der Waals surface area contributed by atoms with Crippen LogP contribution in [-0.4, -0.2) is 49.1 Å². The van der Waals surface area contributed by atoms with Crippen molar-refractivity contribution < 1.29 is 19.1 Å². The van der Waals surface area contributed by atoms with Gasteiger partial charge in [-0.15, -0.1) is 0 Å². The highest BCUT2D eigenvalue weighted by Gasteiger charge is 2.24. The number of aryl methyl sites for hydroxylation is 1. The maximum atomic E-state index is 12.3. The summed E-state index contributed by atoms with van der Waals surface area (Å²) in [5, 5.41) is 3.01. The molecule has 0 bridgehead atoms. The number of nitrogens with one attached hydrogen (secondary N) is 1. The molecule has 2 aromatic carbocycles. The number of carbonyl (C=O) groups excluding carboxylic acids is 2. The molecule has 1 aliphatic heterocycles. The van der Waals surface area contributed by atoms with Gasteiger partial charge >= 0.3 is 0 Å². The summed E-state index contributed by atoms with van der Waals surface area (Å²) < 4.78 is 11.2. The molecule has 6 nitrogen and oxygen atoms in total. The number of carbonyl (C=O) groups is 2. The molecule has 0 aromatic heterocycles. The molecule has 2 amide bonds. The summed E-state index contributed by atoms with van der Waals surface area (Å²) in [7, 11) is 0. The lowest BCUT2D eigenvalue weighted by Crippen LogP contribution is -2.48. The summed E-state index contributed by atoms with van der Waals surface area (Å²) in [5.41, 5.74) is 2.18. The Kier molecular flexibility index (Phi) is 7.11. The topological polar surface area (TPSA) is 67.9 Å². The van der Waals surface area contributed by atoms with Crippen molar-refractivity contribution in [2.24, 2.45) is 0 Å². The molecule has 2 aromatic rings. The molecule has 0 radical (unpaired) electrons. The van der Waals surface area contributed by atoms with E-state index in [4.69, 9.17) is 9.47 Å². The van der Waals surface area contributed by atoms with Crippen LogP contribution in [0.5, 0.6) is 11.5 Å². The lowest BCUT2D eigenvalue weighted by Gasteiger charge is -2.32. The average molecular weight is 396 g/mol. The molecule has 0 saturated carbocycles. The molecule has 0 unspecified atom stereocenters. The molecular weight excluding hydrogens is 368 g/mol. The number of ether oxygens (including phenoxy) is 2. The van der Waals surface area contributed by atoms with Crippen LogP contribution in [-0.2, 0) is 9.59 Å². The van der Waals surface area contributed by atoms with Crippen LogP contribution >= 0.6 is 0 Å². The van der Waals surface area contributed by atoms with Crippen LogP contribution in [0.4, 0.5) is 0 Å². The quantitative estimate of drug-likeness (QED) is 0.782. The zero-order chi connectivity index (χ0) is 20.6. The Bertz CT molecular complexity index is 830. The van der Waals surface area contributed by atoms with E-state index < -0.39 is 0 Å². The number of rotatable bonds is 7. The van der Waals surface area contributed by atoms with E-state index in [0.717, 1.165) is 29.7 Å². The highest BCUT2D eigenvalue weighted by Crippen LogP contribution is 2.20. The maximum Gasteiger partial charge on any atom is 0.260 e. The first-order valence-electron chi connectivity index (χ1n) is 9.97. The minimum absolute atomic E-state index is 0.00560. The fraction of sp³-hybridized carbons (Fsp3) is 0.391. The third-order valence-corrected chi connectivity index (χ3v) is 5.23. The number of likely N-dealkylation sites (tertiary alicyclic amines) is 1. The minimum Gasteiger partial charge on any atom is -0.484 e. The van der Waals surface area contributed by atoms with Gasteiger partial charge in [0.1, 0.15) is 11.5 Å². The molecule has 1 saturated heterocycles. The van der Waals surface area contributed by atoms with Gasteiger partial charge in [-0.25, -0.2) is 0 Å². The summed E-state index contributed by atoms with van der Waals surface area (Å²) >= 11 is 0.